The molecule has 1 aromatic heterocycles. The van der Waals surface area contributed by atoms with Gasteiger partial charge >= 0.3 is 5.97 Å². The molecule has 0 radical (unpaired) electrons. The first-order chi connectivity index (χ1) is 13.3. The van der Waals surface area contributed by atoms with Gasteiger partial charge in [-0.05, 0) is 49.2 Å². The minimum atomic E-state index is -1.12. The van der Waals surface area contributed by atoms with E-state index < -0.39 is 23.2 Å². The van der Waals surface area contributed by atoms with Crippen molar-refractivity contribution < 1.29 is 23.4 Å². The lowest BCUT2D eigenvalue weighted by Gasteiger charge is -2.14. The molecule has 0 aliphatic heterocycles. The molecule has 3 rings (SSSR count). The van der Waals surface area contributed by atoms with Crippen LogP contribution in [0.15, 0.2) is 47.3 Å². The molecule has 0 saturated carbocycles. The van der Waals surface area contributed by atoms with Gasteiger partial charge in [0.2, 0.25) is 0 Å². The van der Waals surface area contributed by atoms with E-state index in [2.05, 4.69) is 4.98 Å². The molecular weight excluding hydrogens is 368 g/mol. The van der Waals surface area contributed by atoms with Crippen LogP contribution < -0.4 is 10.3 Å². The van der Waals surface area contributed by atoms with Crippen LogP contribution in [0.1, 0.15) is 27.2 Å². The van der Waals surface area contributed by atoms with Gasteiger partial charge in [0, 0.05) is 23.4 Å². The van der Waals surface area contributed by atoms with Gasteiger partial charge in [0.1, 0.15) is 24.0 Å². The van der Waals surface area contributed by atoms with E-state index in [-0.39, 0.29) is 29.0 Å². The van der Waals surface area contributed by atoms with Crippen LogP contribution >= 0.6 is 0 Å². The zero-order valence-corrected chi connectivity index (χ0v) is 15.2. The summed E-state index contributed by atoms with van der Waals surface area (Å²) in [4.78, 5) is 26.6. The summed E-state index contributed by atoms with van der Waals surface area (Å²) < 4.78 is 32.6. The smallest absolute Gasteiger partial charge is 0.335 e. The molecule has 0 bridgehead atoms. The van der Waals surface area contributed by atoms with Crippen LogP contribution in [0, 0.1) is 25.5 Å². The van der Waals surface area contributed by atoms with Gasteiger partial charge in [0.15, 0.2) is 0 Å². The number of halogens is 2. The van der Waals surface area contributed by atoms with Crippen molar-refractivity contribution >= 4 is 5.97 Å². The number of aromatic nitrogens is 1. The van der Waals surface area contributed by atoms with Crippen LogP contribution in [-0.4, -0.2) is 16.1 Å². The molecule has 0 aliphatic rings. The number of pyridine rings is 1. The highest BCUT2D eigenvalue weighted by Gasteiger charge is 2.17. The zero-order valence-electron chi connectivity index (χ0n) is 15.2. The van der Waals surface area contributed by atoms with E-state index in [0.717, 1.165) is 12.1 Å². The fourth-order valence-electron chi connectivity index (χ4n) is 2.85. The number of ether oxygens (including phenoxy) is 1. The first kappa shape index (κ1) is 19.3. The van der Waals surface area contributed by atoms with E-state index in [1.54, 1.807) is 26.0 Å². The molecule has 1 heterocycles. The minimum Gasteiger partial charge on any atom is -0.488 e. The van der Waals surface area contributed by atoms with Gasteiger partial charge in [0.25, 0.3) is 5.56 Å². The highest BCUT2D eigenvalue weighted by molar-refractivity contribution is 5.90. The number of aromatic amines is 1. The summed E-state index contributed by atoms with van der Waals surface area (Å²) in [7, 11) is 0. The van der Waals surface area contributed by atoms with Crippen LogP contribution in [0.25, 0.3) is 11.1 Å². The van der Waals surface area contributed by atoms with E-state index >= 15 is 0 Å². The van der Waals surface area contributed by atoms with Crippen molar-refractivity contribution in [1.29, 1.82) is 0 Å². The van der Waals surface area contributed by atoms with Gasteiger partial charge in [-0.25, -0.2) is 13.6 Å². The summed E-state index contributed by atoms with van der Waals surface area (Å²) >= 11 is 0. The molecule has 144 valence electrons. The Morgan fingerprint density at radius 1 is 1.11 bits per heavy atom. The van der Waals surface area contributed by atoms with E-state index in [4.69, 9.17) is 4.74 Å². The lowest BCUT2D eigenvalue weighted by molar-refractivity contribution is 0.0697. The number of carboxylic acids is 1. The van der Waals surface area contributed by atoms with Crippen molar-refractivity contribution in [2.24, 2.45) is 0 Å². The third-order valence-corrected chi connectivity index (χ3v) is 4.28. The summed E-state index contributed by atoms with van der Waals surface area (Å²) in [5.41, 5.74) is 1.44. The quantitative estimate of drug-likeness (QED) is 0.689. The number of carboxylic acid groups (broad SMARTS) is 1. The summed E-state index contributed by atoms with van der Waals surface area (Å²) in [6.45, 7) is 3.18. The van der Waals surface area contributed by atoms with Gasteiger partial charge in [-0.2, -0.15) is 0 Å². The van der Waals surface area contributed by atoms with Crippen molar-refractivity contribution in [3.05, 3.63) is 86.8 Å². The number of aryl methyl sites for hydroxylation is 2. The van der Waals surface area contributed by atoms with Crippen molar-refractivity contribution in [3.63, 3.8) is 0 Å². The summed E-state index contributed by atoms with van der Waals surface area (Å²) in [5, 5.41) is 9.25. The number of H-pyrrole nitrogens is 1. The highest BCUT2D eigenvalue weighted by Crippen LogP contribution is 2.31. The first-order valence-corrected chi connectivity index (χ1v) is 8.41. The fraction of sp³-hybridized carbons (Fsp3) is 0.143. The summed E-state index contributed by atoms with van der Waals surface area (Å²) in [5.74, 6) is -2.40. The second kappa shape index (κ2) is 7.64. The Morgan fingerprint density at radius 2 is 1.86 bits per heavy atom. The van der Waals surface area contributed by atoms with E-state index in [0.29, 0.717) is 16.8 Å². The lowest BCUT2D eigenvalue weighted by atomic mass is 9.98. The molecule has 0 saturated heterocycles. The predicted molar refractivity (Wildman–Crippen MR) is 99.6 cm³/mol. The Labute approximate surface area is 159 Å². The SMILES string of the molecule is Cc1cc(OCc2ccc(F)cc2F)c(-c2cc(C(=O)O)ccc2C)c(=O)[nH]1. The van der Waals surface area contributed by atoms with Crippen LogP contribution in [-0.2, 0) is 6.61 Å². The van der Waals surface area contributed by atoms with Crippen molar-refractivity contribution in [2.45, 2.75) is 20.5 Å². The summed E-state index contributed by atoms with van der Waals surface area (Å²) in [6, 6.07) is 9.14. The number of benzene rings is 2. The van der Waals surface area contributed by atoms with E-state index in [9.17, 15) is 23.5 Å². The largest absolute Gasteiger partial charge is 0.488 e. The van der Waals surface area contributed by atoms with Crippen LogP contribution in [0.3, 0.4) is 0 Å². The maximum Gasteiger partial charge on any atom is 0.335 e. The second-order valence-corrected chi connectivity index (χ2v) is 6.38. The molecule has 0 atom stereocenters. The topological polar surface area (TPSA) is 79.4 Å². The molecule has 0 spiro atoms. The highest BCUT2D eigenvalue weighted by atomic mass is 19.1. The molecule has 0 unspecified atom stereocenters. The lowest BCUT2D eigenvalue weighted by Crippen LogP contribution is -2.14. The maximum absolute atomic E-state index is 13.9. The number of carbonyl (C=O) groups is 1. The third-order valence-electron chi connectivity index (χ3n) is 4.28. The van der Waals surface area contributed by atoms with Gasteiger partial charge in [-0.1, -0.05) is 6.07 Å². The van der Waals surface area contributed by atoms with E-state index in [1.807, 2.05) is 0 Å². The Morgan fingerprint density at radius 3 is 2.54 bits per heavy atom. The number of hydrogen-bond donors (Lipinski definition) is 2. The standard InChI is InChI=1S/C21H17F2NO4/c1-11-3-4-13(21(26)27)8-16(11)19-18(7-12(2)24-20(19)25)28-10-14-5-6-15(22)9-17(14)23/h3-9H,10H2,1-2H3,(H,24,25)(H,26,27). The summed E-state index contributed by atoms with van der Waals surface area (Å²) in [6.07, 6.45) is 0. The number of hydrogen-bond acceptors (Lipinski definition) is 3. The van der Waals surface area contributed by atoms with Gasteiger partial charge in [-0.3, -0.25) is 4.79 Å². The fourth-order valence-corrected chi connectivity index (χ4v) is 2.85. The maximum atomic E-state index is 13.9. The Balaban J connectivity index is 2.07. The Bertz CT molecular complexity index is 1120. The second-order valence-electron chi connectivity index (χ2n) is 6.38. The van der Waals surface area contributed by atoms with Crippen LogP contribution in [0.2, 0.25) is 0 Å². The number of rotatable bonds is 5. The molecule has 2 aromatic carbocycles. The van der Waals surface area contributed by atoms with Gasteiger partial charge < -0.3 is 14.8 Å². The molecule has 28 heavy (non-hydrogen) atoms. The normalized spacial score (nSPS) is 10.7. The monoisotopic (exact) mass is 385 g/mol. The average Bonchev–Trinajstić information content (AvgIpc) is 2.61. The molecule has 2 N–H and O–H groups in total. The molecular formula is C21H17F2NO4. The van der Waals surface area contributed by atoms with Crippen LogP contribution in [0.5, 0.6) is 5.75 Å². The van der Waals surface area contributed by atoms with Crippen molar-refractivity contribution in [1.82, 2.24) is 4.98 Å². The molecule has 0 amide bonds. The van der Waals surface area contributed by atoms with Gasteiger partial charge in [-0.15, -0.1) is 0 Å². The van der Waals surface area contributed by atoms with Crippen LogP contribution in [0.4, 0.5) is 8.78 Å². The molecule has 0 aliphatic carbocycles. The van der Waals surface area contributed by atoms with Gasteiger partial charge in [0.05, 0.1) is 11.1 Å². The first-order valence-electron chi connectivity index (χ1n) is 8.41. The third kappa shape index (κ3) is 3.93. The number of nitrogens with one attached hydrogen (secondary N) is 1. The van der Waals surface area contributed by atoms with E-state index in [1.165, 1.54) is 18.2 Å². The predicted octanol–water partition coefficient (Wildman–Crippen LogP) is 4.21. The average molecular weight is 385 g/mol. The molecule has 0 fully saturated rings. The number of aromatic carboxylic acids is 1. The molecule has 5 nitrogen and oxygen atoms in total. The Kier molecular flexibility index (Phi) is 5.26. The molecule has 7 heteroatoms. The molecule has 3 aromatic rings. The van der Waals surface area contributed by atoms with Crippen molar-refractivity contribution in [3.8, 4) is 16.9 Å². The Hall–Kier alpha value is -3.48. The van der Waals surface area contributed by atoms with Crippen molar-refractivity contribution in [2.75, 3.05) is 0 Å². The zero-order chi connectivity index (χ0) is 20.4. The minimum absolute atomic E-state index is 0.0242.